The zero-order valence-electron chi connectivity index (χ0n) is 9.71. The van der Waals surface area contributed by atoms with Crippen molar-refractivity contribution in [2.45, 2.75) is 12.5 Å². The lowest BCUT2D eigenvalue weighted by Crippen LogP contribution is -2.15. The summed E-state index contributed by atoms with van der Waals surface area (Å²) < 4.78 is 0. The predicted molar refractivity (Wildman–Crippen MR) is 81.4 cm³/mol. The number of aromatic nitrogens is 1. The second-order valence-electron chi connectivity index (χ2n) is 4.08. The summed E-state index contributed by atoms with van der Waals surface area (Å²) in [5.74, 6) is 0. The van der Waals surface area contributed by atoms with E-state index in [0.29, 0.717) is 32.2 Å². The summed E-state index contributed by atoms with van der Waals surface area (Å²) in [6.07, 6.45) is 2.09. The zero-order valence-corrected chi connectivity index (χ0v) is 12.7. The van der Waals surface area contributed by atoms with Gasteiger partial charge in [0.05, 0.1) is 31.8 Å². The van der Waals surface area contributed by atoms with Gasteiger partial charge in [-0.2, -0.15) is 0 Å². The molecule has 0 aliphatic carbocycles. The molecular formula is C13H10Cl4N2. The van der Waals surface area contributed by atoms with Crippen LogP contribution in [0.25, 0.3) is 0 Å². The van der Waals surface area contributed by atoms with Crippen LogP contribution in [0, 0.1) is 0 Å². The molecule has 0 fully saturated rings. The Morgan fingerprint density at radius 3 is 2.37 bits per heavy atom. The van der Waals surface area contributed by atoms with E-state index in [1.165, 1.54) is 6.20 Å². The number of nitrogens with zero attached hydrogens (tertiary/aromatic N) is 1. The topological polar surface area (TPSA) is 38.9 Å². The first-order chi connectivity index (χ1) is 8.97. The summed E-state index contributed by atoms with van der Waals surface area (Å²) in [5, 5.41) is 1.96. The Labute approximate surface area is 131 Å². The van der Waals surface area contributed by atoms with E-state index < -0.39 is 0 Å². The largest absolute Gasteiger partial charge is 0.322 e. The van der Waals surface area contributed by atoms with E-state index in [2.05, 4.69) is 4.98 Å². The van der Waals surface area contributed by atoms with Crippen LogP contribution in [-0.4, -0.2) is 4.98 Å². The molecule has 0 radical (unpaired) electrons. The van der Waals surface area contributed by atoms with E-state index in [-0.39, 0.29) is 6.04 Å². The minimum absolute atomic E-state index is 0.331. The molecule has 1 unspecified atom stereocenters. The number of benzene rings is 1. The van der Waals surface area contributed by atoms with Crippen LogP contribution in [-0.2, 0) is 6.42 Å². The molecule has 100 valence electrons. The van der Waals surface area contributed by atoms with Crippen molar-refractivity contribution in [3.63, 3.8) is 0 Å². The lowest BCUT2D eigenvalue weighted by Gasteiger charge is -2.13. The number of pyridine rings is 1. The van der Waals surface area contributed by atoms with Gasteiger partial charge in [0.15, 0.2) is 0 Å². The van der Waals surface area contributed by atoms with Crippen LogP contribution in [0.2, 0.25) is 20.1 Å². The highest BCUT2D eigenvalue weighted by molar-refractivity contribution is 6.42. The number of halogens is 4. The highest BCUT2D eigenvalue weighted by atomic mass is 35.5. The molecule has 19 heavy (non-hydrogen) atoms. The van der Waals surface area contributed by atoms with Gasteiger partial charge in [0, 0.05) is 6.20 Å². The van der Waals surface area contributed by atoms with Crippen molar-refractivity contribution < 1.29 is 0 Å². The van der Waals surface area contributed by atoms with E-state index in [1.54, 1.807) is 18.2 Å². The summed E-state index contributed by atoms with van der Waals surface area (Å²) in [6, 6.07) is 6.69. The Bertz CT molecular complexity index is 601. The van der Waals surface area contributed by atoms with Crippen LogP contribution >= 0.6 is 46.4 Å². The average molecular weight is 336 g/mol. The lowest BCUT2D eigenvalue weighted by molar-refractivity contribution is 0.697. The first kappa shape index (κ1) is 14.9. The van der Waals surface area contributed by atoms with Crippen molar-refractivity contribution in [1.29, 1.82) is 0 Å². The van der Waals surface area contributed by atoms with E-state index in [9.17, 15) is 0 Å². The van der Waals surface area contributed by atoms with Crippen molar-refractivity contribution in [3.05, 3.63) is 61.8 Å². The molecule has 1 heterocycles. The van der Waals surface area contributed by atoms with Gasteiger partial charge < -0.3 is 5.73 Å². The third-order valence-electron chi connectivity index (χ3n) is 2.63. The maximum absolute atomic E-state index is 6.10. The standard InChI is InChI=1S/C13H10Cl4N2/c14-8-5-11(17)13(19-6-8)12(18)4-7-1-2-9(15)10(16)3-7/h1-3,5-6,12H,4,18H2. The maximum atomic E-state index is 6.10. The zero-order chi connectivity index (χ0) is 14.0. The molecule has 1 aromatic heterocycles. The fraction of sp³-hybridized carbons (Fsp3) is 0.154. The first-order valence-corrected chi connectivity index (χ1v) is 6.99. The van der Waals surface area contributed by atoms with Crippen LogP contribution in [0.1, 0.15) is 17.3 Å². The van der Waals surface area contributed by atoms with Gasteiger partial charge in [0.25, 0.3) is 0 Å². The SMILES string of the molecule is NC(Cc1ccc(Cl)c(Cl)c1)c1ncc(Cl)cc1Cl. The number of nitrogens with two attached hydrogens (primary N) is 1. The van der Waals surface area contributed by atoms with Gasteiger partial charge in [-0.15, -0.1) is 0 Å². The Kier molecular flexibility index (Phi) is 4.93. The highest BCUT2D eigenvalue weighted by Gasteiger charge is 2.13. The Balaban J connectivity index is 2.20. The van der Waals surface area contributed by atoms with Crippen LogP contribution in [0.4, 0.5) is 0 Å². The van der Waals surface area contributed by atoms with Gasteiger partial charge in [-0.3, -0.25) is 4.98 Å². The highest BCUT2D eigenvalue weighted by Crippen LogP contribution is 2.27. The number of hydrogen-bond acceptors (Lipinski definition) is 2. The van der Waals surface area contributed by atoms with Crippen molar-refractivity contribution in [2.75, 3.05) is 0 Å². The molecule has 2 nitrogen and oxygen atoms in total. The number of rotatable bonds is 3. The predicted octanol–water partition coefficient (Wildman–Crippen LogP) is 4.94. The minimum Gasteiger partial charge on any atom is -0.322 e. The van der Waals surface area contributed by atoms with Gasteiger partial charge in [-0.1, -0.05) is 52.5 Å². The van der Waals surface area contributed by atoms with E-state index in [1.807, 2.05) is 6.07 Å². The monoisotopic (exact) mass is 334 g/mol. The summed E-state index contributed by atoms with van der Waals surface area (Å²) in [6.45, 7) is 0. The fourth-order valence-corrected chi connectivity index (χ4v) is 2.56. The van der Waals surface area contributed by atoms with Crippen molar-refractivity contribution in [3.8, 4) is 0 Å². The summed E-state index contributed by atoms with van der Waals surface area (Å²) in [5.41, 5.74) is 7.68. The molecule has 2 rings (SSSR count). The van der Waals surface area contributed by atoms with Crippen LogP contribution in [0.15, 0.2) is 30.5 Å². The molecule has 2 aromatic rings. The van der Waals surface area contributed by atoms with Crippen molar-refractivity contribution in [1.82, 2.24) is 4.98 Å². The smallest absolute Gasteiger partial charge is 0.0761 e. The quantitative estimate of drug-likeness (QED) is 0.862. The Morgan fingerprint density at radius 2 is 1.74 bits per heavy atom. The third-order valence-corrected chi connectivity index (χ3v) is 3.88. The normalized spacial score (nSPS) is 12.5. The number of hydrogen-bond donors (Lipinski definition) is 1. The second-order valence-corrected chi connectivity index (χ2v) is 5.74. The molecule has 0 saturated heterocycles. The lowest BCUT2D eigenvalue weighted by atomic mass is 10.0. The average Bonchev–Trinajstić information content (AvgIpc) is 2.33. The molecule has 1 atom stereocenters. The second kappa shape index (κ2) is 6.29. The van der Waals surface area contributed by atoms with Crippen molar-refractivity contribution in [2.24, 2.45) is 5.73 Å². The van der Waals surface area contributed by atoms with Gasteiger partial charge in [-0.25, -0.2) is 0 Å². The molecule has 0 amide bonds. The van der Waals surface area contributed by atoms with Crippen LogP contribution in [0.3, 0.4) is 0 Å². The van der Waals surface area contributed by atoms with Gasteiger partial charge in [-0.05, 0) is 30.2 Å². The van der Waals surface area contributed by atoms with Crippen molar-refractivity contribution >= 4 is 46.4 Å². The molecular weight excluding hydrogens is 326 g/mol. The third kappa shape index (κ3) is 3.74. The fourth-order valence-electron chi connectivity index (χ4n) is 1.72. The first-order valence-electron chi connectivity index (χ1n) is 5.48. The molecule has 0 aliphatic rings. The summed E-state index contributed by atoms with van der Waals surface area (Å²) >= 11 is 23.7. The Hall–Kier alpha value is -0.510. The molecule has 0 saturated carbocycles. The van der Waals surface area contributed by atoms with Crippen LogP contribution < -0.4 is 5.73 Å². The summed E-state index contributed by atoms with van der Waals surface area (Å²) in [4.78, 5) is 4.17. The Morgan fingerprint density at radius 1 is 1.00 bits per heavy atom. The van der Waals surface area contributed by atoms with E-state index in [4.69, 9.17) is 52.1 Å². The molecule has 0 aliphatic heterocycles. The minimum atomic E-state index is -0.331. The van der Waals surface area contributed by atoms with Gasteiger partial charge in [0.2, 0.25) is 0 Å². The maximum Gasteiger partial charge on any atom is 0.0761 e. The summed E-state index contributed by atoms with van der Waals surface area (Å²) in [7, 11) is 0. The molecule has 0 spiro atoms. The van der Waals surface area contributed by atoms with Gasteiger partial charge >= 0.3 is 0 Å². The van der Waals surface area contributed by atoms with Crippen LogP contribution in [0.5, 0.6) is 0 Å². The molecule has 0 bridgehead atoms. The molecule has 6 heteroatoms. The van der Waals surface area contributed by atoms with E-state index >= 15 is 0 Å². The van der Waals surface area contributed by atoms with E-state index in [0.717, 1.165) is 5.56 Å². The molecule has 1 aromatic carbocycles. The van der Waals surface area contributed by atoms with Gasteiger partial charge in [0.1, 0.15) is 0 Å². The molecule has 2 N–H and O–H groups in total.